The minimum absolute atomic E-state index is 0.0335. The summed E-state index contributed by atoms with van der Waals surface area (Å²) in [5, 5.41) is 3.88. The molecule has 4 aromatic rings. The van der Waals surface area contributed by atoms with E-state index in [9.17, 15) is 9.59 Å². The monoisotopic (exact) mass is 418 g/mol. The van der Waals surface area contributed by atoms with Crippen molar-refractivity contribution in [3.63, 3.8) is 0 Å². The summed E-state index contributed by atoms with van der Waals surface area (Å²) in [7, 11) is 2.11. The van der Waals surface area contributed by atoms with E-state index in [2.05, 4.69) is 28.3 Å². The van der Waals surface area contributed by atoms with Gasteiger partial charge in [0.15, 0.2) is 5.76 Å². The number of benzene rings is 2. The quantitative estimate of drug-likeness (QED) is 0.452. The third-order valence-corrected chi connectivity index (χ3v) is 6.22. The maximum absolute atomic E-state index is 12.3. The number of hydrogen-bond donors (Lipinski definition) is 2. The fraction of sp³-hybridized carbons (Fsp3) is 0.333. The lowest BCUT2D eigenvalue weighted by Crippen LogP contribution is -2.42. The van der Waals surface area contributed by atoms with Crippen LogP contribution in [-0.2, 0) is 13.0 Å². The molecule has 5 rings (SSSR count). The Morgan fingerprint density at radius 1 is 1.23 bits per heavy atom. The molecule has 0 aliphatic carbocycles. The maximum atomic E-state index is 12.3. The highest BCUT2D eigenvalue weighted by molar-refractivity contribution is 5.96. The van der Waals surface area contributed by atoms with Crippen LogP contribution >= 0.6 is 0 Å². The van der Waals surface area contributed by atoms with Gasteiger partial charge >= 0.3 is 5.69 Å². The number of carbonyl (C=O) groups excluding carboxylic acids is 1. The average Bonchev–Trinajstić information content (AvgIpc) is 3.35. The van der Waals surface area contributed by atoms with Gasteiger partial charge in [0, 0.05) is 24.5 Å². The van der Waals surface area contributed by atoms with Crippen molar-refractivity contribution in [2.45, 2.75) is 31.8 Å². The van der Waals surface area contributed by atoms with Gasteiger partial charge in [-0.3, -0.25) is 9.36 Å². The molecule has 0 saturated heterocycles. The largest absolute Gasteiger partial charge is 0.451 e. The second-order valence-electron chi connectivity index (χ2n) is 8.30. The first-order valence-corrected chi connectivity index (χ1v) is 10.8. The number of unbranched alkanes of at least 4 members (excludes halogenated alkanes) is 1. The van der Waals surface area contributed by atoms with Crippen LogP contribution in [-0.4, -0.2) is 46.5 Å². The molecule has 1 aliphatic heterocycles. The molecular formula is C24H26N4O3. The summed E-state index contributed by atoms with van der Waals surface area (Å²) in [5.41, 5.74) is 3.88. The molecule has 0 bridgehead atoms. The van der Waals surface area contributed by atoms with E-state index in [0.29, 0.717) is 18.8 Å². The van der Waals surface area contributed by atoms with E-state index in [1.165, 1.54) is 5.56 Å². The first-order chi connectivity index (χ1) is 15.1. The molecule has 1 aliphatic rings. The smallest absolute Gasteiger partial charge is 0.326 e. The Kier molecular flexibility index (Phi) is 5.11. The standard InChI is InChI=1S/C24H26N4O3/c1-27(18-13-17-8-6-9-19-22(17)28(15-18)24(30)26-19)12-5-4-11-25-23(29)21-14-16-7-2-3-10-20(16)31-21/h2-3,6-10,14,18H,4-5,11-13,15H2,1H3,(H,25,29)(H,26,30)/t18-/m1/s1. The lowest BCUT2D eigenvalue weighted by atomic mass is 9.99. The first-order valence-electron chi connectivity index (χ1n) is 10.8. The van der Waals surface area contributed by atoms with Crippen molar-refractivity contribution in [3.8, 4) is 0 Å². The Morgan fingerprint density at radius 2 is 2.10 bits per heavy atom. The van der Waals surface area contributed by atoms with Gasteiger partial charge in [-0.25, -0.2) is 4.79 Å². The highest BCUT2D eigenvalue weighted by Gasteiger charge is 2.25. The SMILES string of the molecule is CN(CCCCNC(=O)c1cc2ccccc2o1)[C@@H]1Cc2cccc3[nH]c(=O)n(c23)C1. The summed E-state index contributed by atoms with van der Waals surface area (Å²) in [6.45, 7) is 2.22. The van der Waals surface area contributed by atoms with Crippen LogP contribution in [0.2, 0.25) is 0 Å². The van der Waals surface area contributed by atoms with Crippen molar-refractivity contribution in [2.24, 2.45) is 0 Å². The minimum Gasteiger partial charge on any atom is -0.451 e. The second kappa shape index (κ2) is 8.07. The van der Waals surface area contributed by atoms with Gasteiger partial charge in [-0.2, -0.15) is 0 Å². The lowest BCUT2D eigenvalue weighted by Gasteiger charge is -2.31. The van der Waals surface area contributed by atoms with Crippen LogP contribution in [0.25, 0.3) is 22.0 Å². The number of aromatic amines is 1. The number of nitrogens with zero attached hydrogens (tertiary/aromatic N) is 2. The number of aromatic nitrogens is 2. The third kappa shape index (κ3) is 3.77. The molecule has 31 heavy (non-hydrogen) atoms. The number of amides is 1. The Morgan fingerprint density at radius 3 is 2.97 bits per heavy atom. The number of likely N-dealkylation sites (N-methyl/N-ethyl adjacent to an activating group) is 1. The Labute approximate surface area is 179 Å². The number of imidazole rings is 1. The summed E-state index contributed by atoms with van der Waals surface area (Å²) in [5.74, 6) is 0.173. The maximum Gasteiger partial charge on any atom is 0.326 e. The van der Waals surface area contributed by atoms with Crippen LogP contribution in [0.1, 0.15) is 29.0 Å². The molecule has 7 heteroatoms. The van der Waals surface area contributed by atoms with Crippen LogP contribution in [0.5, 0.6) is 0 Å². The van der Waals surface area contributed by atoms with Crippen LogP contribution < -0.4 is 11.0 Å². The number of nitrogens with one attached hydrogen (secondary N) is 2. The van der Waals surface area contributed by atoms with Crippen molar-refractivity contribution in [1.82, 2.24) is 19.8 Å². The van der Waals surface area contributed by atoms with E-state index in [-0.39, 0.29) is 17.6 Å². The van der Waals surface area contributed by atoms with Gasteiger partial charge in [-0.1, -0.05) is 30.3 Å². The third-order valence-electron chi connectivity index (χ3n) is 6.22. The van der Waals surface area contributed by atoms with Gasteiger partial charge in [0.25, 0.3) is 5.91 Å². The Hall–Kier alpha value is -3.32. The van der Waals surface area contributed by atoms with Crippen molar-refractivity contribution >= 4 is 27.9 Å². The summed E-state index contributed by atoms with van der Waals surface area (Å²) < 4.78 is 7.47. The number of hydrogen-bond acceptors (Lipinski definition) is 4. The van der Waals surface area contributed by atoms with Gasteiger partial charge < -0.3 is 19.6 Å². The zero-order valence-corrected chi connectivity index (χ0v) is 17.6. The zero-order valence-electron chi connectivity index (χ0n) is 17.6. The number of fused-ring (bicyclic) bond motifs is 1. The molecule has 3 heterocycles. The number of furan rings is 1. The molecule has 0 unspecified atom stereocenters. The molecule has 0 saturated carbocycles. The van der Waals surface area contributed by atoms with Crippen LogP contribution in [0.3, 0.4) is 0 Å². The molecule has 160 valence electrons. The van der Waals surface area contributed by atoms with E-state index < -0.39 is 0 Å². The molecule has 2 N–H and O–H groups in total. The first kappa shape index (κ1) is 19.6. The highest BCUT2D eigenvalue weighted by Crippen LogP contribution is 2.24. The van der Waals surface area contributed by atoms with E-state index >= 15 is 0 Å². The minimum atomic E-state index is -0.177. The molecule has 1 atom stereocenters. The summed E-state index contributed by atoms with van der Waals surface area (Å²) in [6.07, 6.45) is 2.79. The molecule has 0 fully saturated rings. The molecule has 2 aromatic heterocycles. The van der Waals surface area contributed by atoms with E-state index in [1.807, 2.05) is 41.0 Å². The van der Waals surface area contributed by atoms with Gasteiger partial charge in [0.1, 0.15) is 5.58 Å². The van der Waals surface area contributed by atoms with Crippen LogP contribution in [0.15, 0.2) is 57.7 Å². The molecule has 0 radical (unpaired) electrons. The summed E-state index contributed by atoms with van der Waals surface area (Å²) in [6, 6.07) is 15.8. The predicted octanol–water partition coefficient (Wildman–Crippen LogP) is 3.14. The number of rotatable bonds is 7. The average molecular weight is 418 g/mol. The van der Waals surface area contributed by atoms with E-state index in [1.54, 1.807) is 6.07 Å². The summed E-state index contributed by atoms with van der Waals surface area (Å²) in [4.78, 5) is 29.9. The van der Waals surface area contributed by atoms with Gasteiger partial charge in [-0.15, -0.1) is 0 Å². The molecule has 0 spiro atoms. The number of carbonyl (C=O) groups is 1. The van der Waals surface area contributed by atoms with Gasteiger partial charge in [-0.05, 0) is 56.6 Å². The molecule has 1 amide bonds. The van der Waals surface area contributed by atoms with Crippen molar-refractivity contribution in [1.29, 1.82) is 0 Å². The van der Waals surface area contributed by atoms with Gasteiger partial charge in [0.2, 0.25) is 0 Å². The van der Waals surface area contributed by atoms with Crippen LogP contribution in [0.4, 0.5) is 0 Å². The van der Waals surface area contributed by atoms with Gasteiger partial charge in [0.05, 0.1) is 11.0 Å². The number of H-pyrrole nitrogens is 1. The van der Waals surface area contributed by atoms with E-state index in [0.717, 1.165) is 47.8 Å². The summed E-state index contributed by atoms with van der Waals surface area (Å²) >= 11 is 0. The van der Waals surface area contributed by atoms with Crippen LogP contribution in [0, 0.1) is 0 Å². The predicted molar refractivity (Wildman–Crippen MR) is 120 cm³/mol. The highest BCUT2D eigenvalue weighted by atomic mass is 16.3. The molecular weight excluding hydrogens is 392 g/mol. The molecule has 2 aromatic carbocycles. The molecule has 7 nitrogen and oxygen atoms in total. The van der Waals surface area contributed by atoms with Crippen molar-refractivity contribution in [2.75, 3.05) is 20.1 Å². The fourth-order valence-electron chi connectivity index (χ4n) is 4.51. The fourth-order valence-corrected chi connectivity index (χ4v) is 4.51. The topological polar surface area (TPSA) is 83.3 Å². The van der Waals surface area contributed by atoms with Crippen molar-refractivity contribution < 1.29 is 9.21 Å². The second-order valence-corrected chi connectivity index (χ2v) is 8.30. The van der Waals surface area contributed by atoms with E-state index in [4.69, 9.17) is 4.42 Å². The lowest BCUT2D eigenvalue weighted by molar-refractivity contribution is 0.0927. The Balaban J connectivity index is 1.11. The Bertz CT molecular complexity index is 1270. The zero-order chi connectivity index (χ0) is 21.4. The normalized spacial score (nSPS) is 15.7. The van der Waals surface area contributed by atoms with Crippen molar-refractivity contribution in [3.05, 3.63) is 70.3 Å². The number of para-hydroxylation sites is 2.